The van der Waals surface area contributed by atoms with E-state index in [2.05, 4.69) is 15.6 Å². The van der Waals surface area contributed by atoms with E-state index in [1.165, 1.54) is 6.92 Å². The van der Waals surface area contributed by atoms with Crippen LogP contribution in [0.15, 0.2) is 47.5 Å². The number of nitrogens with one attached hydrogen (secondary N) is 2. The van der Waals surface area contributed by atoms with Crippen LogP contribution in [0.2, 0.25) is 0 Å². The quantitative estimate of drug-likeness (QED) is 0.567. The number of para-hydroxylation sites is 1. The predicted molar refractivity (Wildman–Crippen MR) is 112 cm³/mol. The van der Waals surface area contributed by atoms with Gasteiger partial charge in [0.1, 0.15) is 11.5 Å². The van der Waals surface area contributed by atoms with E-state index >= 15 is 0 Å². The fourth-order valence-electron chi connectivity index (χ4n) is 2.88. The molecule has 0 bridgehead atoms. The Kier molecular flexibility index (Phi) is 7.68. The van der Waals surface area contributed by atoms with Crippen LogP contribution >= 0.6 is 0 Å². The van der Waals surface area contributed by atoms with Crippen molar-refractivity contribution < 1.29 is 14.3 Å². The minimum atomic E-state index is -0.143. The average Bonchev–Trinajstić information content (AvgIpc) is 2.68. The number of hydrogen-bond donors (Lipinski definition) is 2. The number of nitrogens with zero attached hydrogens (tertiary/aromatic N) is 2. The van der Waals surface area contributed by atoms with Crippen LogP contribution in [0.5, 0.6) is 11.5 Å². The summed E-state index contributed by atoms with van der Waals surface area (Å²) in [4.78, 5) is 17.8. The predicted octanol–water partition coefficient (Wildman–Crippen LogP) is 2.87. The molecule has 2 aromatic rings. The first-order valence-electron chi connectivity index (χ1n) is 8.96. The maximum atomic E-state index is 11.4. The SMILES string of the molecule is CN=C(NCc1ccc(OC)c(NC(C)=O)c1)N(C)Cc1ccccc1OC. The van der Waals surface area contributed by atoms with Gasteiger partial charge in [-0.05, 0) is 23.8 Å². The lowest BCUT2D eigenvalue weighted by atomic mass is 10.1. The zero-order chi connectivity index (χ0) is 20.5. The van der Waals surface area contributed by atoms with Crippen LogP contribution < -0.4 is 20.1 Å². The zero-order valence-corrected chi connectivity index (χ0v) is 17.1. The number of aliphatic imine (C=N–C) groups is 1. The van der Waals surface area contributed by atoms with Crippen LogP contribution in [0.1, 0.15) is 18.1 Å². The summed E-state index contributed by atoms with van der Waals surface area (Å²) in [5.41, 5.74) is 2.72. The Hall–Kier alpha value is -3.22. The summed E-state index contributed by atoms with van der Waals surface area (Å²) in [5.74, 6) is 2.08. The fourth-order valence-corrected chi connectivity index (χ4v) is 2.88. The van der Waals surface area contributed by atoms with Gasteiger partial charge >= 0.3 is 0 Å². The van der Waals surface area contributed by atoms with Crippen LogP contribution in [0.3, 0.4) is 0 Å². The maximum Gasteiger partial charge on any atom is 0.221 e. The van der Waals surface area contributed by atoms with Crippen LogP contribution in [0, 0.1) is 0 Å². The molecule has 0 heterocycles. The highest BCUT2D eigenvalue weighted by molar-refractivity contribution is 5.90. The number of anilines is 1. The average molecular weight is 384 g/mol. The number of rotatable bonds is 7. The van der Waals surface area contributed by atoms with Crippen LogP contribution in [0.4, 0.5) is 5.69 Å². The highest BCUT2D eigenvalue weighted by atomic mass is 16.5. The van der Waals surface area contributed by atoms with Crippen LogP contribution in [0.25, 0.3) is 0 Å². The van der Waals surface area contributed by atoms with Gasteiger partial charge < -0.3 is 25.0 Å². The number of ether oxygens (including phenoxy) is 2. The summed E-state index contributed by atoms with van der Waals surface area (Å²) in [5, 5.41) is 6.13. The lowest BCUT2D eigenvalue weighted by molar-refractivity contribution is -0.114. The summed E-state index contributed by atoms with van der Waals surface area (Å²) in [6.07, 6.45) is 0. The van der Waals surface area contributed by atoms with Gasteiger partial charge in [-0.3, -0.25) is 9.79 Å². The Morgan fingerprint density at radius 1 is 1.11 bits per heavy atom. The van der Waals surface area contributed by atoms with E-state index in [1.54, 1.807) is 21.3 Å². The third kappa shape index (κ3) is 5.64. The Morgan fingerprint density at radius 3 is 2.46 bits per heavy atom. The number of benzene rings is 2. The van der Waals surface area contributed by atoms with Crippen molar-refractivity contribution in [1.29, 1.82) is 0 Å². The second-order valence-corrected chi connectivity index (χ2v) is 6.28. The number of carbonyl (C=O) groups is 1. The maximum absolute atomic E-state index is 11.4. The third-order valence-corrected chi connectivity index (χ3v) is 4.20. The molecule has 0 atom stereocenters. The summed E-state index contributed by atoms with van der Waals surface area (Å²) in [6.45, 7) is 2.68. The molecule has 7 heteroatoms. The first kappa shape index (κ1) is 21.1. The molecule has 0 aliphatic heterocycles. The van der Waals surface area contributed by atoms with E-state index in [-0.39, 0.29) is 5.91 Å². The van der Waals surface area contributed by atoms with Crippen molar-refractivity contribution in [1.82, 2.24) is 10.2 Å². The van der Waals surface area contributed by atoms with Gasteiger partial charge in [0.05, 0.1) is 19.9 Å². The summed E-state index contributed by atoms with van der Waals surface area (Å²) >= 11 is 0. The minimum absolute atomic E-state index is 0.143. The molecular weight excluding hydrogens is 356 g/mol. The van der Waals surface area contributed by atoms with E-state index in [4.69, 9.17) is 9.47 Å². The van der Waals surface area contributed by atoms with E-state index < -0.39 is 0 Å². The number of carbonyl (C=O) groups excluding carboxylic acids is 1. The largest absolute Gasteiger partial charge is 0.496 e. The molecule has 0 unspecified atom stereocenters. The molecule has 0 radical (unpaired) electrons. The Bertz CT molecular complexity index is 836. The molecule has 0 saturated heterocycles. The summed E-state index contributed by atoms with van der Waals surface area (Å²) in [6, 6.07) is 13.6. The van der Waals surface area contributed by atoms with Crippen molar-refractivity contribution >= 4 is 17.6 Å². The molecule has 0 aliphatic rings. The molecule has 0 fully saturated rings. The molecule has 2 aromatic carbocycles. The van der Waals surface area contributed by atoms with Crippen molar-refractivity contribution in [2.24, 2.45) is 4.99 Å². The number of hydrogen-bond acceptors (Lipinski definition) is 4. The monoisotopic (exact) mass is 384 g/mol. The number of guanidine groups is 1. The van der Waals surface area contributed by atoms with E-state index in [1.807, 2.05) is 54.4 Å². The topological polar surface area (TPSA) is 75.2 Å². The summed E-state index contributed by atoms with van der Waals surface area (Å²) < 4.78 is 10.7. The van der Waals surface area contributed by atoms with Crippen molar-refractivity contribution in [3.63, 3.8) is 0 Å². The van der Waals surface area contributed by atoms with Gasteiger partial charge in [0, 0.05) is 39.7 Å². The van der Waals surface area contributed by atoms with Crippen LogP contribution in [-0.2, 0) is 17.9 Å². The van der Waals surface area contributed by atoms with Crippen molar-refractivity contribution in [2.45, 2.75) is 20.0 Å². The van der Waals surface area contributed by atoms with Gasteiger partial charge in [0.15, 0.2) is 5.96 Å². The highest BCUT2D eigenvalue weighted by Crippen LogP contribution is 2.25. The Morgan fingerprint density at radius 2 is 1.82 bits per heavy atom. The van der Waals surface area contributed by atoms with Crippen LogP contribution in [-0.4, -0.2) is 45.1 Å². The molecule has 0 saturated carbocycles. The smallest absolute Gasteiger partial charge is 0.221 e. The number of methoxy groups -OCH3 is 2. The van der Waals surface area contributed by atoms with E-state index in [0.29, 0.717) is 24.5 Å². The highest BCUT2D eigenvalue weighted by Gasteiger charge is 2.11. The summed E-state index contributed by atoms with van der Waals surface area (Å²) in [7, 11) is 6.96. The molecule has 0 aliphatic carbocycles. The molecule has 1 amide bonds. The lowest BCUT2D eigenvalue weighted by Gasteiger charge is -2.23. The Balaban J connectivity index is 2.06. The normalized spacial score (nSPS) is 11.0. The van der Waals surface area contributed by atoms with Gasteiger partial charge in [0.25, 0.3) is 0 Å². The molecule has 28 heavy (non-hydrogen) atoms. The van der Waals surface area contributed by atoms with Gasteiger partial charge in [0.2, 0.25) is 5.91 Å². The zero-order valence-electron chi connectivity index (χ0n) is 17.1. The fraction of sp³-hybridized carbons (Fsp3) is 0.333. The standard InChI is InChI=1S/C21H28N4O3/c1-15(26)24-18-12-16(10-11-20(18)28-5)13-23-21(22-2)25(3)14-17-8-6-7-9-19(17)27-4/h6-12H,13-14H2,1-5H3,(H,22,23)(H,24,26). The second kappa shape index (κ2) is 10.2. The second-order valence-electron chi connectivity index (χ2n) is 6.28. The molecule has 2 N–H and O–H groups in total. The molecule has 2 rings (SSSR count). The number of amides is 1. The Labute approximate surface area is 166 Å². The minimum Gasteiger partial charge on any atom is -0.496 e. The molecule has 0 spiro atoms. The first-order valence-corrected chi connectivity index (χ1v) is 8.96. The van der Waals surface area contributed by atoms with Crippen molar-refractivity contribution in [3.05, 3.63) is 53.6 Å². The molecule has 0 aromatic heterocycles. The van der Waals surface area contributed by atoms with Gasteiger partial charge in [-0.15, -0.1) is 0 Å². The van der Waals surface area contributed by atoms with Crippen molar-refractivity contribution in [3.8, 4) is 11.5 Å². The lowest BCUT2D eigenvalue weighted by Crippen LogP contribution is -2.38. The van der Waals surface area contributed by atoms with E-state index in [9.17, 15) is 4.79 Å². The molecular formula is C21H28N4O3. The first-order chi connectivity index (χ1) is 13.5. The van der Waals surface area contributed by atoms with Crippen molar-refractivity contribution in [2.75, 3.05) is 33.6 Å². The van der Waals surface area contributed by atoms with Gasteiger partial charge in [-0.25, -0.2) is 0 Å². The van der Waals surface area contributed by atoms with Gasteiger partial charge in [-0.1, -0.05) is 24.3 Å². The third-order valence-electron chi connectivity index (χ3n) is 4.20. The molecule has 7 nitrogen and oxygen atoms in total. The van der Waals surface area contributed by atoms with Gasteiger partial charge in [-0.2, -0.15) is 0 Å². The molecule has 150 valence electrons. The van der Waals surface area contributed by atoms with E-state index in [0.717, 1.165) is 22.8 Å².